The molecule has 0 aliphatic rings. The minimum Gasteiger partial charge on any atom is -0.496 e. The van der Waals surface area contributed by atoms with Crippen molar-refractivity contribution in [1.82, 2.24) is 0 Å². The summed E-state index contributed by atoms with van der Waals surface area (Å²) >= 11 is 0. The molecule has 0 amide bonds. The predicted octanol–water partition coefficient (Wildman–Crippen LogP) is 2.59. The minimum absolute atomic E-state index is 0.0336. The lowest BCUT2D eigenvalue weighted by Gasteiger charge is -2.22. The molecule has 1 N–H and O–H groups in total. The lowest BCUT2D eigenvalue weighted by molar-refractivity contribution is -0.142. The van der Waals surface area contributed by atoms with Gasteiger partial charge in [-0.3, -0.25) is 0 Å². The summed E-state index contributed by atoms with van der Waals surface area (Å²) in [6.45, 7) is 6.32. The van der Waals surface area contributed by atoms with Gasteiger partial charge < -0.3 is 14.6 Å². The Kier molecular flexibility index (Phi) is 4.73. The summed E-state index contributed by atoms with van der Waals surface area (Å²) in [6, 6.07) is 5.77. The number of benzene rings is 1. The van der Waals surface area contributed by atoms with Gasteiger partial charge in [-0.2, -0.15) is 0 Å². The van der Waals surface area contributed by atoms with E-state index in [0.29, 0.717) is 6.61 Å². The van der Waals surface area contributed by atoms with Crippen LogP contribution >= 0.6 is 0 Å². The SMILES string of the molecule is COc1ccc(COCC(=O)O)cc1C(C)(C)C. The first-order valence-electron chi connectivity index (χ1n) is 5.81. The van der Waals surface area contributed by atoms with E-state index in [4.69, 9.17) is 14.6 Å². The summed E-state index contributed by atoms with van der Waals surface area (Å²) in [5.41, 5.74) is 2.00. The molecule has 0 heterocycles. The average molecular weight is 252 g/mol. The molecule has 0 aliphatic carbocycles. The molecular weight excluding hydrogens is 232 g/mol. The number of aliphatic carboxylic acids is 1. The highest BCUT2D eigenvalue weighted by Crippen LogP contribution is 2.32. The van der Waals surface area contributed by atoms with Crippen molar-refractivity contribution in [1.29, 1.82) is 0 Å². The number of carboxylic acids is 1. The molecule has 0 atom stereocenters. The number of carboxylic acid groups (broad SMARTS) is 1. The Morgan fingerprint density at radius 2 is 2.00 bits per heavy atom. The molecule has 1 rings (SSSR count). The summed E-state index contributed by atoms with van der Waals surface area (Å²) in [7, 11) is 1.64. The maximum Gasteiger partial charge on any atom is 0.329 e. The highest BCUT2D eigenvalue weighted by molar-refractivity contribution is 5.68. The number of hydrogen-bond donors (Lipinski definition) is 1. The molecule has 0 aliphatic heterocycles. The predicted molar refractivity (Wildman–Crippen MR) is 69.0 cm³/mol. The van der Waals surface area contributed by atoms with Crippen molar-refractivity contribution >= 4 is 5.97 Å². The molecule has 1 aromatic carbocycles. The van der Waals surface area contributed by atoms with Gasteiger partial charge in [0.15, 0.2) is 0 Å². The first-order valence-corrected chi connectivity index (χ1v) is 5.81. The first kappa shape index (κ1) is 14.5. The Balaban J connectivity index is 2.86. The molecule has 0 saturated carbocycles. The first-order chi connectivity index (χ1) is 8.34. The molecule has 18 heavy (non-hydrogen) atoms. The van der Waals surface area contributed by atoms with Gasteiger partial charge in [-0.15, -0.1) is 0 Å². The fourth-order valence-electron chi connectivity index (χ4n) is 1.69. The average Bonchev–Trinajstić information content (AvgIpc) is 2.27. The maximum absolute atomic E-state index is 10.4. The van der Waals surface area contributed by atoms with Crippen molar-refractivity contribution in [2.24, 2.45) is 0 Å². The van der Waals surface area contributed by atoms with Crippen LogP contribution in [0.15, 0.2) is 18.2 Å². The van der Waals surface area contributed by atoms with Crippen LogP contribution < -0.4 is 4.74 Å². The van der Waals surface area contributed by atoms with Crippen LogP contribution in [0.2, 0.25) is 0 Å². The van der Waals surface area contributed by atoms with Crippen molar-refractivity contribution in [2.75, 3.05) is 13.7 Å². The van der Waals surface area contributed by atoms with Crippen molar-refractivity contribution in [2.45, 2.75) is 32.8 Å². The van der Waals surface area contributed by atoms with E-state index in [9.17, 15) is 4.79 Å². The number of methoxy groups -OCH3 is 1. The number of rotatable bonds is 5. The molecular formula is C14H20O4. The molecule has 0 saturated heterocycles. The van der Waals surface area contributed by atoms with Gasteiger partial charge in [0, 0.05) is 0 Å². The standard InChI is InChI=1S/C14H20O4/c1-14(2,3)11-7-10(5-6-12(11)17-4)8-18-9-13(15)16/h5-7H,8-9H2,1-4H3,(H,15,16). The second-order valence-electron chi connectivity index (χ2n) is 5.17. The van der Waals surface area contributed by atoms with Crippen molar-refractivity contribution in [3.05, 3.63) is 29.3 Å². The van der Waals surface area contributed by atoms with Gasteiger partial charge in [-0.25, -0.2) is 4.79 Å². The summed E-state index contributed by atoms with van der Waals surface area (Å²) < 4.78 is 10.4. The topological polar surface area (TPSA) is 55.8 Å². The molecule has 0 spiro atoms. The second-order valence-corrected chi connectivity index (χ2v) is 5.17. The van der Waals surface area contributed by atoms with Crippen LogP contribution in [-0.4, -0.2) is 24.8 Å². The highest BCUT2D eigenvalue weighted by atomic mass is 16.5. The van der Waals surface area contributed by atoms with Gasteiger partial charge in [-0.1, -0.05) is 26.8 Å². The van der Waals surface area contributed by atoms with E-state index >= 15 is 0 Å². The minimum atomic E-state index is -0.959. The molecule has 0 unspecified atom stereocenters. The van der Waals surface area contributed by atoms with E-state index in [0.717, 1.165) is 16.9 Å². The van der Waals surface area contributed by atoms with Crippen molar-refractivity contribution in [3.63, 3.8) is 0 Å². The number of carbonyl (C=O) groups is 1. The number of hydrogen-bond acceptors (Lipinski definition) is 3. The van der Waals surface area contributed by atoms with Gasteiger partial charge in [0.1, 0.15) is 12.4 Å². The third-order valence-electron chi connectivity index (χ3n) is 2.57. The van der Waals surface area contributed by atoms with Crippen molar-refractivity contribution in [3.8, 4) is 5.75 Å². The summed E-state index contributed by atoms with van der Waals surface area (Å²) in [4.78, 5) is 10.4. The molecule has 100 valence electrons. The molecule has 0 aromatic heterocycles. The van der Waals surface area contributed by atoms with Crippen LogP contribution in [0.25, 0.3) is 0 Å². The third kappa shape index (κ3) is 4.04. The maximum atomic E-state index is 10.4. The zero-order chi connectivity index (χ0) is 13.8. The van der Waals surface area contributed by atoms with Crippen LogP contribution in [0.4, 0.5) is 0 Å². The zero-order valence-electron chi connectivity index (χ0n) is 11.3. The van der Waals surface area contributed by atoms with E-state index in [-0.39, 0.29) is 12.0 Å². The second kappa shape index (κ2) is 5.87. The molecule has 4 heteroatoms. The summed E-state index contributed by atoms with van der Waals surface area (Å²) in [5, 5.41) is 8.51. The van der Waals surface area contributed by atoms with E-state index in [1.165, 1.54) is 0 Å². The Bertz CT molecular complexity index is 418. The lowest BCUT2D eigenvalue weighted by Crippen LogP contribution is -2.14. The third-order valence-corrected chi connectivity index (χ3v) is 2.57. The molecule has 0 radical (unpaired) electrons. The molecule has 4 nitrogen and oxygen atoms in total. The van der Waals surface area contributed by atoms with Gasteiger partial charge >= 0.3 is 5.97 Å². The quantitative estimate of drug-likeness (QED) is 0.875. The van der Waals surface area contributed by atoms with Crippen molar-refractivity contribution < 1.29 is 19.4 Å². The van der Waals surface area contributed by atoms with E-state index < -0.39 is 5.97 Å². The highest BCUT2D eigenvalue weighted by Gasteiger charge is 2.19. The van der Waals surface area contributed by atoms with E-state index in [2.05, 4.69) is 20.8 Å². The van der Waals surface area contributed by atoms with Crippen LogP contribution in [-0.2, 0) is 21.6 Å². The van der Waals surface area contributed by atoms with Crippen LogP contribution in [0.1, 0.15) is 31.9 Å². The Morgan fingerprint density at radius 3 is 2.50 bits per heavy atom. The normalized spacial score (nSPS) is 11.3. The fourth-order valence-corrected chi connectivity index (χ4v) is 1.69. The van der Waals surface area contributed by atoms with Crippen LogP contribution in [0.5, 0.6) is 5.75 Å². The summed E-state index contributed by atoms with van der Waals surface area (Å²) in [5.74, 6) is -0.121. The van der Waals surface area contributed by atoms with E-state index in [1.807, 2.05) is 18.2 Å². The Morgan fingerprint density at radius 1 is 1.33 bits per heavy atom. The number of ether oxygens (including phenoxy) is 2. The monoisotopic (exact) mass is 252 g/mol. The lowest BCUT2D eigenvalue weighted by atomic mass is 9.85. The van der Waals surface area contributed by atoms with E-state index in [1.54, 1.807) is 7.11 Å². The smallest absolute Gasteiger partial charge is 0.329 e. The summed E-state index contributed by atoms with van der Waals surface area (Å²) in [6.07, 6.45) is 0. The Labute approximate surface area is 108 Å². The van der Waals surface area contributed by atoms with Gasteiger partial charge in [0.2, 0.25) is 0 Å². The molecule has 0 fully saturated rings. The largest absolute Gasteiger partial charge is 0.496 e. The van der Waals surface area contributed by atoms with Gasteiger partial charge in [0.05, 0.1) is 13.7 Å². The Hall–Kier alpha value is -1.55. The van der Waals surface area contributed by atoms with Gasteiger partial charge in [0.25, 0.3) is 0 Å². The fraction of sp³-hybridized carbons (Fsp3) is 0.500. The van der Waals surface area contributed by atoms with Crippen LogP contribution in [0.3, 0.4) is 0 Å². The zero-order valence-corrected chi connectivity index (χ0v) is 11.3. The molecule has 1 aromatic rings. The molecule has 0 bridgehead atoms. The van der Waals surface area contributed by atoms with Crippen LogP contribution in [0, 0.1) is 0 Å². The van der Waals surface area contributed by atoms with Gasteiger partial charge in [-0.05, 0) is 28.7 Å².